The van der Waals surface area contributed by atoms with Crippen LogP contribution in [0.5, 0.6) is 0 Å². The second-order valence-corrected chi connectivity index (χ2v) is 5.94. The van der Waals surface area contributed by atoms with Gasteiger partial charge in [0.2, 0.25) is 5.91 Å². The third-order valence-electron chi connectivity index (χ3n) is 4.34. The molecule has 0 aromatic heterocycles. The van der Waals surface area contributed by atoms with Crippen molar-refractivity contribution >= 4 is 5.91 Å². The highest BCUT2D eigenvalue weighted by Gasteiger charge is 2.42. The van der Waals surface area contributed by atoms with E-state index in [2.05, 4.69) is 10.6 Å². The van der Waals surface area contributed by atoms with Gasteiger partial charge in [-0.1, -0.05) is 24.3 Å². The van der Waals surface area contributed by atoms with Crippen molar-refractivity contribution in [3.63, 3.8) is 0 Å². The molecule has 0 spiro atoms. The van der Waals surface area contributed by atoms with E-state index >= 15 is 0 Å². The summed E-state index contributed by atoms with van der Waals surface area (Å²) >= 11 is 0. The van der Waals surface area contributed by atoms with Crippen LogP contribution in [0.3, 0.4) is 0 Å². The van der Waals surface area contributed by atoms with Crippen molar-refractivity contribution in [2.24, 2.45) is 0 Å². The predicted molar refractivity (Wildman–Crippen MR) is 85.6 cm³/mol. The first-order valence-corrected chi connectivity index (χ1v) is 8.09. The number of hydrogen-bond acceptors (Lipinski definition) is 4. The smallest absolute Gasteiger partial charge is 0.221 e. The molecular weight excluding hydrogens is 299 g/mol. The molecule has 1 fully saturated rings. The summed E-state index contributed by atoms with van der Waals surface area (Å²) < 4.78 is 14.2. The summed E-state index contributed by atoms with van der Waals surface area (Å²) in [6, 6.07) is 6.47. The zero-order chi connectivity index (χ0) is 16.8. The highest BCUT2D eigenvalue weighted by atomic mass is 19.1. The minimum absolute atomic E-state index is 0.0236. The molecule has 128 valence electrons. The molecule has 0 unspecified atom stereocenters. The van der Waals surface area contributed by atoms with Gasteiger partial charge in [-0.15, -0.1) is 0 Å². The normalized spacial score (nSPS) is 27.1. The molecular formula is C17H25FN2O3. The Kier molecular flexibility index (Phi) is 6.50. The zero-order valence-corrected chi connectivity index (χ0v) is 13.3. The van der Waals surface area contributed by atoms with E-state index in [1.807, 2.05) is 31.2 Å². The first kappa shape index (κ1) is 17.8. The molecule has 1 aromatic carbocycles. The van der Waals surface area contributed by atoms with E-state index in [1.54, 1.807) is 0 Å². The van der Waals surface area contributed by atoms with E-state index in [4.69, 9.17) is 0 Å². The number of aryl methyl sites for hydroxylation is 1. The first-order valence-electron chi connectivity index (χ1n) is 8.09. The SMILES string of the molecule is CCNC(=O)C[C@H]1N[C@H](CCc2ccccc2CO)[C@@H](O)[C@@H]1F. The summed E-state index contributed by atoms with van der Waals surface area (Å²) in [6.45, 7) is 2.28. The van der Waals surface area contributed by atoms with E-state index in [1.165, 1.54) is 0 Å². The van der Waals surface area contributed by atoms with E-state index in [-0.39, 0.29) is 18.9 Å². The van der Waals surface area contributed by atoms with E-state index in [0.29, 0.717) is 19.4 Å². The van der Waals surface area contributed by atoms with Crippen molar-refractivity contribution in [2.45, 2.75) is 57.2 Å². The van der Waals surface area contributed by atoms with Gasteiger partial charge in [-0.2, -0.15) is 0 Å². The number of nitrogens with one attached hydrogen (secondary N) is 2. The molecule has 0 saturated carbocycles. The zero-order valence-electron chi connectivity index (χ0n) is 13.3. The van der Waals surface area contributed by atoms with Crippen molar-refractivity contribution in [1.29, 1.82) is 0 Å². The molecule has 0 aliphatic carbocycles. The fourth-order valence-electron chi connectivity index (χ4n) is 3.09. The van der Waals surface area contributed by atoms with Crippen LogP contribution >= 0.6 is 0 Å². The molecule has 6 heteroatoms. The highest BCUT2D eigenvalue weighted by molar-refractivity contribution is 5.76. The van der Waals surface area contributed by atoms with Crippen LogP contribution in [0.15, 0.2) is 24.3 Å². The lowest BCUT2D eigenvalue weighted by atomic mass is 9.98. The standard InChI is InChI=1S/C17H25FN2O3/c1-2-19-15(22)9-14-16(18)17(23)13(20-14)8-7-11-5-3-4-6-12(11)10-21/h3-6,13-14,16-17,20-21,23H,2,7-10H2,1H3,(H,19,22)/t13-,14-,16-,17-/m1/s1. The number of aliphatic hydroxyl groups is 2. The van der Waals surface area contributed by atoms with Crippen LogP contribution in [-0.4, -0.2) is 47.0 Å². The topological polar surface area (TPSA) is 81.6 Å². The molecule has 1 aliphatic rings. The van der Waals surface area contributed by atoms with Crippen molar-refractivity contribution in [3.8, 4) is 0 Å². The molecule has 2 rings (SSSR count). The number of halogens is 1. The summed E-state index contributed by atoms with van der Waals surface area (Å²) in [5.74, 6) is -0.217. The minimum Gasteiger partial charge on any atom is -0.392 e. The second kappa shape index (κ2) is 8.38. The Morgan fingerprint density at radius 2 is 2.00 bits per heavy atom. The fourth-order valence-corrected chi connectivity index (χ4v) is 3.09. The lowest BCUT2D eigenvalue weighted by molar-refractivity contribution is -0.121. The molecule has 4 N–H and O–H groups in total. The van der Waals surface area contributed by atoms with Gasteiger partial charge < -0.3 is 20.8 Å². The van der Waals surface area contributed by atoms with Crippen LogP contribution < -0.4 is 10.6 Å². The lowest BCUT2D eigenvalue weighted by Crippen LogP contribution is -2.37. The largest absolute Gasteiger partial charge is 0.392 e. The maximum absolute atomic E-state index is 14.2. The third-order valence-corrected chi connectivity index (χ3v) is 4.34. The monoisotopic (exact) mass is 324 g/mol. The number of carbonyl (C=O) groups excluding carboxylic acids is 1. The summed E-state index contributed by atoms with van der Waals surface area (Å²) in [7, 11) is 0. The third kappa shape index (κ3) is 4.50. The summed E-state index contributed by atoms with van der Waals surface area (Å²) in [5, 5.41) is 25.1. The van der Waals surface area contributed by atoms with Gasteiger partial charge in [-0.3, -0.25) is 4.79 Å². The van der Waals surface area contributed by atoms with Gasteiger partial charge in [0.15, 0.2) is 0 Å². The van der Waals surface area contributed by atoms with Crippen LogP contribution in [0.4, 0.5) is 4.39 Å². The molecule has 1 aromatic rings. The fraction of sp³-hybridized carbons (Fsp3) is 0.588. The van der Waals surface area contributed by atoms with Crippen LogP contribution in [-0.2, 0) is 17.8 Å². The Balaban J connectivity index is 1.92. The number of hydrogen-bond donors (Lipinski definition) is 4. The van der Waals surface area contributed by atoms with Crippen LogP contribution in [0.2, 0.25) is 0 Å². The quantitative estimate of drug-likeness (QED) is 0.594. The average Bonchev–Trinajstić information content (AvgIpc) is 2.81. The average molecular weight is 324 g/mol. The maximum Gasteiger partial charge on any atom is 0.221 e. The number of amides is 1. The Morgan fingerprint density at radius 3 is 2.65 bits per heavy atom. The van der Waals surface area contributed by atoms with E-state index < -0.39 is 24.4 Å². The molecule has 1 heterocycles. The van der Waals surface area contributed by atoms with Gasteiger partial charge in [0.1, 0.15) is 12.3 Å². The van der Waals surface area contributed by atoms with Gasteiger partial charge in [-0.25, -0.2) is 4.39 Å². The van der Waals surface area contributed by atoms with Crippen LogP contribution in [0.25, 0.3) is 0 Å². The summed E-state index contributed by atoms with van der Waals surface area (Å²) in [6.07, 6.45) is -1.36. The van der Waals surface area contributed by atoms with Crippen molar-refractivity contribution < 1.29 is 19.4 Å². The molecule has 5 nitrogen and oxygen atoms in total. The number of alkyl halides is 1. The molecule has 1 saturated heterocycles. The van der Waals surface area contributed by atoms with E-state index in [0.717, 1.165) is 11.1 Å². The number of benzene rings is 1. The Morgan fingerprint density at radius 1 is 1.30 bits per heavy atom. The predicted octanol–water partition coefficient (Wildman–Crippen LogP) is 0.677. The first-order chi connectivity index (χ1) is 11.1. The van der Waals surface area contributed by atoms with Gasteiger partial charge in [0.05, 0.1) is 6.61 Å². The van der Waals surface area contributed by atoms with Crippen molar-refractivity contribution in [3.05, 3.63) is 35.4 Å². The van der Waals surface area contributed by atoms with Crippen molar-refractivity contribution in [1.82, 2.24) is 10.6 Å². The van der Waals surface area contributed by atoms with E-state index in [9.17, 15) is 19.4 Å². The van der Waals surface area contributed by atoms with Gasteiger partial charge in [0, 0.05) is 25.0 Å². The Labute approximate surface area is 135 Å². The molecule has 1 amide bonds. The lowest BCUT2D eigenvalue weighted by Gasteiger charge is -2.16. The molecule has 0 radical (unpaired) electrons. The summed E-state index contributed by atoms with van der Waals surface area (Å²) in [5.41, 5.74) is 1.84. The number of aliphatic hydroxyl groups excluding tert-OH is 2. The van der Waals surface area contributed by atoms with Gasteiger partial charge in [0.25, 0.3) is 0 Å². The van der Waals surface area contributed by atoms with Crippen molar-refractivity contribution in [2.75, 3.05) is 6.54 Å². The Bertz CT molecular complexity index is 526. The highest BCUT2D eigenvalue weighted by Crippen LogP contribution is 2.24. The minimum atomic E-state index is -1.45. The molecule has 4 atom stereocenters. The summed E-state index contributed by atoms with van der Waals surface area (Å²) in [4.78, 5) is 11.6. The molecule has 1 aliphatic heterocycles. The Hall–Kier alpha value is -1.50. The van der Waals surface area contributed by atoms with Crippen LogP contribution in [0, 0.1) is 0 Å². The number of rotatable bonds is 7. The number of carbonyl (C=O) groups is 1. The molecule has 0 bridgehead atoms. The molecule has 23 heavy (non-hydrogen) atoms. The van der Waals surface area contributed by atoms with Gasteiger partial charge in [-0.05, 0) is 30.9 Å². The second-order valence-electron chi connectivity index (χ2n) is 5.94. The van der Waals surface area contributed by atoms with Gasteiger partial charge >= 0.3 is 0 Å². The maximum atomic E-state index is 14.2. The van der Waals surface area contributed by atoms with Crippen LogP contribution in [0.1, 0.15) is 30.9 Å².